The van der Waals surface area contributed by atoms with Crippen molar-refractivity contribution in [2.75, 3.05) is 23.4 Å². The SMILES string of the molecule is CCCCCOc1ccc(F)cc1C1N=C(NC#N)Nc2nc(N)c(C#N)c(N)c21. The van der Waals surface area contributed by atoms with Gasteiger partial charge in [-0.3, -0.25) is 5.32 Å². The summed E-state index contributed by atoms with van der Waals surface area (Å²) in [4.78, 5) is 8.64. The summed E-state index contributed by atoms with van der Waals surface area (Å²) in [6, 6.07) is 5.18. The van der Waals surface area contributed by atoms with Crippen molar-refractivity contribution >= 4 is 23.3 Å². The molecule has 3 rings (SSSR count). The highest BCUT2D eigenvalue weighted by Gasteiger charge is 2.31. The zero-order chi connectivity index (χ0) is 21.7. The van der Waals surface area contributed by atoms with Crippen LogP contribution in [0.3, 0.4) is 0 Å². The van der Waals surface area contributed by atoms with Gasteiger partial charge in [-0.2, -0.15) is 10.5 Å². The molecule has 0 spiro atoms. The van der Waals surface area contributed by atoms with Crippen LogP contribution >= 0.6 is 0 Å². The van der Waals surface area contributed by atoms with Gasteiger partial charge in [0, 0.05) is 11.1 Å². The second-order valence-electron chi connectivity index (χ2n) is 6.64. The maximum absolute atomic E-state index is 14.2. The maximum atomic E-state index is 14.2. The number of unbranched alkanes of at least 4 members (excludes halogenated alkanes) is 2. The van der Waals surface area contributed by atoms with Crippen molar-refractivity contribution < 1.29 is 9.13 Å². The molecule has 6 N–H and O–H groups in total. The number of nitrogens with zero attached hydrogens (tertiary/aromatic N) is 4. The summed E-state index contributed by atoms with van der Waals surface area (Å²) in [5, 5.41) is 23.6. The van der Waals surface area contributed by atoms with E-state index in [2.05, 4.69) is 27.5 Å². The van der Waals surface area contributed by atoms with Crippen LogP contribution in [0.4, 0.5) is 21.7 Å². The fraction of sp³-hybridized carbons (Fsp3) is 0.300. The Kier molecular flexibility index (Phi) is 6.18. The summed E-state index contributed by atoms with van der Waals surface area (Å²) in [7, 11) is 0. The molecule has 1 atom stereocenters. The normalized spacial score (nSPS) is 14.5. The number of nitrogens with one attached hydrogen (secondary N) is 2. The van der Waals surface area contributed by atoms with E-state index in [0.29, 0.717) is 23.5 Å². The minimum atomic E-state index is -0.867. The van der Waals surface area contributed by atoms with Crippen LogP contribution in [0.2, 0.25) is 0 Å². The van der Waals surface area contributed by atoms with Crippen LogP contribution in [0.1, 0.15) is 48.9 Å². The third kappa shape index (κ3) is 4.03. The Balaban J connectivity index is 2.14. The third-order valence-corrected chi connectivity index (χ3v) is 4.63. The van der Waals surface area contributed by atoms with E-state index in [1.54, 1.807) is 6.19 Å². The van der Waals surface area contributed by atoms with E-state index >= 15 is 0 Å². The number of anilines is 3. The topological polar surface area (TPSA) is 158 Å². The second kappa shape index (κ2) is 8.97. The lowest BCUT2D eigenvalue weighted by Crippen LogP contribution is -2.33. The number of halogens is 1. The van der Waals surface area contributed by atoms with Crippen molar-refractivity contribution in [2.45, 2.75) is 32.2 Å². The Morgan fingerprint density at radius 2 is 2.10 bits per heavy atom. The molecule has 0 bridgehead atoms. The largest absolute Gasteiger partial charge is 0.493 e. The molecule has 154 valence electrons. The lowest BCUT2D eigenvalue weighted by Gasteiger charge is -2.27. The zero-order valence-corrected chi connectivity index (χ0v) is 16.4. The predicted octanol–water partition coefficient (Wildman–Crippen LogP) is 2.77. The van der Waals surface area contributed by atoms with Gasteiger partial charge < -0.3 is 21.5 Å². The van der Waals surface area contributed by atoms with Gasteiger partial charge in [0.1, 0.15) is 40.9 Å². The minimum absolute atomic E-state index is 0.00857. The molecule has 1 unspecified atom stereocenters. The smallest absolute Gasteiger partial charge is 0.211 e. The van der Waals surface area contributed by atoms with E-state index in [4.69, 9.17) is 21.5 Å². The van der Waals surface area contributed by atoms with Crippen LogP contribution in [0.15, 0.2) is 23.2 Å². The van der Waals surface area contributed by atoms with Crippen molar-refractivity contribution in [2.24, 2.45) is 4.99 Å². The van der Waals surface area contributed by atoms with Gasteiger partial charge in [0.25, 0.3) is 0 Å². The predicted molar refractivity (Wildman–Crippen MR) is 111 cm³/mol. The summed E-state index contributed by atoms with van der Waals surface area (Å²) in [6.07, 6.45) is 4.66. The van der Waals surface area contributed by atoms with E-state index in [9.17, 15) is 9.65 Å². The molecular weight excluding hydrogens is 387 g/mol. The Hall–Kier alpha value is -4.05. The average Bonchev–Trinajstić information content (AvgIpc) is 2.72. The number of hydrogen-bond acceptors (Lipinski definition) is 9. The standard InChI is InChI=1S/C20H21FN8O/c1-2-3-4-7-30-14-6-5-11(21)8-12(14)17-15-16(24)13(9-22)18(25)28-19(15)29-20(27-17)26-10-23/h5-6,8,17H,2-4,7H2,1H3,(H6,24,25,26,27,28,29). The third-order valence-electron chi connectivity index (χ3n) is 4.63. The second-order valence-corrected chi connectivity index (χ2v) is 6.64. The van der Waals surface area contributed by atoms with Gasteiger partial charge in [0.15, 0.2) is 6.19 Å². The highest BCUT2D eigenvalue weighted by atomic mass is 19.1. The molecule has 1 aliphatic rings. The van der Waals surface area contributed by atoms with Gasteiger partial charge in [-0.25, -0.2) is 14.4 Å². The molecule has 0 saturated heterocycles. The van der Waals surface area contributed by atoms with Gasteiger partial charge in [0.2, 0.25) is 5.96 Å². The minimum Gasteiger partial charge on any atom is -0.493 e. The number of nitriles is 2. The lowest BCUT2D eigenvalue weighted by molar-refractivity contribution is 0.302. The molecule has 1 aromatic heterocycles. The number of hydrogen-bond donors (Lipinski definition) is 4. The van der Waals surface area contributed by atoms with Crippen LogP contribution in [0.25, 0.3) is 0 Å². The van der Waals surface area contributed by atoms with Crippen LogP contribution < -0.4 is 26.8 Å². The number of aromatic nitrogens is 1. The van der Waals surface area contributed by atoms with E-state index in [-0.39, 0.29) is 28.8 Å². The molecule has 30 heavy (non-hydrogen) atoms. The van der Waals surface area contributed by atoms with Crippen LogP contribution in [0, 0.1) is 28.6 Å². The first-order valence-electron chi connectivity index (χ1n) is 9.41. The molecule has 1 aromatic carbocycles. The van der Waals surface area contributed by atoms with Crippen LogP contribution in [-0.4, -0.2) is 17.6 Å². The highest BCUT2D eigenvalue weighted by molar-refractivity contribution is 5.98. The molecule has 2 aromatic rings. The average molecular weight is 408 g/mol. The number of ether oxygens (including phenoxy) is 1. The Bertz CT molecular complexity index is 1070. The van der Waals surface area contributed by atoms with Crippen molar-refractivity contribution in [1.82, 2.24) is 10.3 Å². The molecule has 0 amide bonds. The van der Waals surface area contributed by atoms with Crippen molar-refractivity contribution in [1.29, 1.82) is 10.5 Å². The number of nitrogens with two attached hydrogens (primary N) is 2. The Labute approximate surface area is 173 Å². The maximum Gasteiger partial charge on any atom is 0.211 e. The van der Waals surface area contributed by atoms with E-state index in [1.807, 2.05) is 6.07 Å². The Morgan fingerprint density at radius 1 is 1.30 bits per heavy atom. The van der Waals surface area contributed by atoms with Crippen LogP contribution in [-0.2, 0) is 0 Å². The number of nitrogen functional groups attached to an aromatic ring is 2. The summed E-state index contributed by atoms with van der Waals surface area (Å²) < 4.78 is 20.1. The van der Waals surface area contributed by atoms with Gasteiger partial charge in [-0.05, 0) is 24.6 Å². The molecule has 10 heteroatoms. The summed E-state index contributed by atoms with van der Waals surface area (Å²) in [6.45, 7) is 2.54. The van der Waals surface area contributed by atoms with Crippen molar-refractivity contribution in [3.63, 3.8) is 0 Å². The summed E-state index contributed by atoms with van der Waals surface area (Å²) >= 11 is 0. The summed E-state index contributed by atoms with van der Waals surface area (Å²) in [5.41, 5.74) is 12.9. The molecular formula is C20H21FN8O. The summed E-state index contributed by atoms with van der Waals surface area (Å²) in [5.74, 6) is 0.197. The monoisotopic (exact) mass is 408 g/mol. The first-order chi connectivity index (χ1) is 14.5. The van der Waals surface area contributed by atoms with E-state index < -0.39 is 11.9 Å². The van der Waals surface area contributed by atoms with Gasteiger partial charge in [-0.15, -0.1) is 0 Å². The lowest BCUT2D eigenvalue weighted by atomic mass is 9.94. The Morgan fingerprint density at radius 3 is 2.80 bits per heavy atom. The fourth-order valence-electron chi connectivity index (χ4n) is 3.20. The van der Waals surface area contributed by atoms with E-state index in [0.717, 1.165) is 19.3 Å². The number of pyridine rings is 1. The molecule has 0 aliphatic carbocycles. The van der Waals surface area contributed by atoms with Crippen molar-refractivity contribution in [3.8, 4) is 18.0 Å². The number of benzene rings is 1. The number of fused-ring (bicyclic) bond motifs is 1. The molecule has 0 saturated carbocycles. The first-order valence-corrected chi connectivity index (χ1v) is 9.41. The quantitative estimate of drug-likeness (QED) is 0.323. The molecule has 2 heterocycles. The van der Waals surface area contributed by atoms with Gasteiger partial charge in [0.05, 0.1) is 12.3 Å². The molecule has 9 nitrogen and oxygen atoms in total. The molecule has 0 fully saturated rings. The highest BCUT2D eigenvalue weighted by Crippen LogP contribution is 2.43. The number of aliphatic imine (C=N–C) groups is 1. The number of guanidine groups is 1. The van der Waals surface area contributed by atoms with E-state index in [1.165, 1.54) is 18.2 Å². The first kappa shape index (κ1) is 20.7. The van der Waals surface area contributed by atoms with Gasteiger partial charge >= 0.3 is 0 Å². The molecule has 1 aliphatic heterocycles. The van der Waals surface area contributed by atoms with Gasteiger partial charge in [-0.1, -0.05) is 19.8 Å². The molecule has 0 radical (unpaired) electrons. The van der Waals surface area contributed by atoms with Crippen molar-refractivity contribution in [3.05, 3.63) is 40.7 Å². The number of rotatable bonds is 6. The zero-order valence-electron chi connectivity index (χ0n) is 16.4. The van der Waals surface area contributed by atoms with Crippen LogP contribution in [0.5, 0.6) is 5.75 Å². The fourth-order valence-corrected chi connectivity index (χ4v) is 3.20.